The first-order chi connectivity index (χ1) is 13.6. The molecule has 0 N–H and O–H groups in total. The van der Waals surface area contributed by atoms with Crippen LogP contribution in [0.2, 0.25) is 0 Å². The molecule has 3 unspecified atom stereocenters. The lowest BCUT2D eigenvalue weighted by Gasteiger charge is -2.52. The van der Waals surface area contributed by atoms with Gasteiger partial charge in [-0.1, -0.05) is 49.4 Å². The Morgan fingerprint density at radius 2 is 1.93 bits per heavy atom. The van der Waals surface area contributed by atoms with Crippen LogP contribution in [0.4, 0.5) is 0 Å². The molecule has 1 heterocycles. The largest absolute Gasteiger partial charge is 0.302 e. The van der Waals surface area contributed by atoms with Gasteiger partial charge in [0.2, 0.25) is 0 Å². The molecule has 3 nitrogen and oxygen atoms in total. The van der Waals surface area contributed by atoms with Gasteiger partial charge in [-0.3, -0.25) is 9.78 Å². The average Bonchev–Trinajstić information content (AvgIpc) is 3.22. The van der Waals surface area contributed by atoms with Crippen LogP contribution in [0.1, 0.15) is 43.7 Å². The molecule has 3 aliphatic carbocycles. The van der Waals surface area contributed by atoms with E-state index in [1.165, 1.54) is 21.9 Å². The normalized spacial score (nSPS) is 32.1. The van der Waals surface area contributed by atoms with E-state index < -0.39 is 5.41 Å². The number of ketones is 1. The number of nitrogens with zero attached hydrogens (tertiary/aromatic N) is 1. The Labute approximate surface area is 163 Å². The third-order valence-electron chi connectivity index (χ3n) is 7.98. The van der Waals surface area contributed by atoms with Gasteiger partial charge in [0.05, 0.1) is 11.1 Å². The molecule has 138 valence electrons. The molecule has 0 aliphatic heterocycles. The molecule has 3 atom stereocenters. The number of carbonyl (C=O) groups excluding carboxylic acids is 2. The molecule has 2 bridgehead atoms. The zero-order chi connectivity index (χ0) is 19.1. The highest BCUT2D eigenvalue weighted by Gasteiger charge is 2.73. The Hall–Kier alpha value is -2.81. The Morgan fingerprint density at radius 1 is 1.07 bits per heavy atom. The summed E-state index contributed by atoms with van der Waals surface area (Å²) in [6, 6.07) is 17.0. The second-order valence-corrected chi connectivity index (χ2v) is 8.85. The minimum Gasteiger partial charge on any atom is -0.302 e. The molecule has 3 aliphatic rings. The van der Waals surface area contributed by atoms with Gasteiger partial charge in [0.1, 0.15) is 12.1 Å². The Kier molecular flexibility index (Phi) is 2.87. The zero-order valence-electron chi connectivity index (χ0n) is 15.9. The minimum absolute atomic E-state index is 0.116. The summed E-state index contributed by atoms with van der Waals surface area (Å²) in [5, 5.41) is 2.44. The first kappa shape index (κ1) is 16.2. The van der Waals surface area contributed by atoms with Crippen molar-refractivity contribution in [1.29, 1.82) is 0 Å². The molecule has 0 saturated heterocycles. The van der Waals surface area contributed by atoms with E-state index in [0.29, 0.717) is 19.3 Å². The zero-order valence-corrected chi connectivity index (χ0v) is 15.9. The number of aromatic nitrogens is 1. The summed E-state index contributed by atoms with van der Waals surface area (Å²) >= 11 is 0. The highest BCUT2D eigenvalue weighted by atomic mass is 16.1. The molecular weight excluding hydrogens is 346 g/mol. The molecular formula is C25H21NO2. The Morgan fingerprint density at radius 3 is 2.75 bits per heavy atom. The lowest BCUT2D eigenvalue weighted by Crippen LogP contribution is -2.50. The number of aldehydes is 1. The molecule has 3 heteroatoms. The topological polar surface area (TPSA) is 47.0 Å². The number of fused-ring (bicyclic) bond motifs is 7. The van der Waals surface area contributed by atoms with Crippen molar-refractivity contribution in [3.8, 4) is 11.3 Å². The standard InChI is InChI=1S/C25H21NO2/c1-2-24-13-23(15-27)14-25(24,12-20(23)28)19-8-5-11-26-22(19)18-10-9-16-6-3-4-7-17(16)21(18)24/h3-11,15H,2,12-14H2,1H3. The maximum atomic E-state index is 13.0. The monoisotopic (exact) mass is 367 g/mol. The van der Waals surface area contributed by atoms with Crippen molar-refractivity contribution < 1.29 is 9.59 Å². The number of carbonyl (C=O) groups is 2. The van der Waals surface area contributed by atoms with Gasteiger partial charge in [-0.2, -0.15) is 0 Å². The Bertz CT molecular complexity index is 1200. The van der Waals surface area contributed by atoms with Gasteiger partial charge in [0, 0.05) is 29.0 Å². The molecule has 1 aromatic heterocycles. The van der Waals surface area contributed by atoms with E-state index in [-0.39, 0.29) is 16.6 Å². The second-order valence-electron chi connectivity index (χ2n) is 8.85. The van der Waals surface area contributed by atoms with Crippen LogP contribution in [0.15, 0.2) is 54.7 Å². The predicted molar refractivity (Wildman–Crippen MR) is 108 cm³/mol. The van der Waals surface area contributed by atoms with Crippen molar-refractivity contribution >= 4 is 22.8 Å². The molecule has 2 fully saturated rings. The van der Waals surface area contributed by atoms with E-state index in [1.807, 2.05) is 12.3 Å². The van der Waals surface area contributed by atoms with Gasteiger partial charge in [-0.15, -0.1) is 0 Å². The lowest BCUT2D eigenvalue weighted by molar-refractivity contribution is -0.134. The summed E-state index contributed by atoms with van der Waals surface area (Å²) in [7, 11) is 0. The molecule has 6 rings (SSSR count). The van der Waals surface area contributed by atoms with Crippen LogP contribution in [0, 0.1) is 5.41 Å². The Balaban J connectivity index is 1.82. The summed E-state index contributed by atoms with van der Waals surface area (Å²) in [6.45, 7) is 2.22. The number of hydrogen-bond donors (Lipinski definition) is 0. The number of hydrogen-bond acceptors (Lipinski definition) is 3. The SMILES string of the molecule is CCC12CC3(C=O)CC1(CC3=O)c1cccnc1-c1ccc3ccccc3c12. The van der Waals surface area contributed by atoms with Gasteiger partial charge < -0.3 is 4.79 Å². The van der Waals surface area contributed by atoms with Crippen LogP contribution in [-0.2, 0) is 20.4 Å². The van der Waals surface area contributed by atoms with Crippen LogP contribution in [0.5, 0.6) is 0 Å². The smallest absolute Gasteiger partial charge is 0.147 e. The lowest BCUT2D eigenvalue weighted by atomic mass is 9.50. The molecule has 0 radical (unpaired) electrons. The first-order valence-corrected chi connectivity index (χ1v) is 10.1. The van der Waals surface area contributed by atoms with E-state index in [1.54, 1.807) is 0 Å². The van der Waals surface area contributed by atoms with Crippen molar-refractivity contribution in [3.05, 3.63) is 65.9 Å². The summed E-state index contributed by atoms with van der Waals surface area (Å²) < 4.78 is 0. The van der Waals surface area contributed by atoms with Crippen molar-refractivity contribution in [2.24, 2.45) is 5.41 Å². The van der Waals surface area contributed by atoms with E-state index >= 15 is 0 Å². The van der Waals surface area contributed by atoms with Gasteiger partial charge in [-0.05, 0) is 47.2 Å². The third kappa shape index (κ3) is 1.54. The highest BCUT2D eigenvalue weighted by Crippen LogP contribution is 2.73. The molecule has 0 amide bonds. The first-order valence-electron chi connectivity index (χ1n) is 10.1. The average molecular weight is 367 g/mol. The fourth-order valence-electron chi connectivity index (χ4n) is 6.91. The van der Waals surface area contributed by atoms with Crippen LogP contribution in [0.3, 0.4) is 0 Å². The van der Waals surface area contributed by atoms with Crippen molar-refractivity contribution in [1.82, 2.24) is 4.98 Å². The van der Waals surface area contributed by atoms with Crippen LogP contribution >= 0.6 is 0 Å². The van der Waals surface area contributed by atoms with Crippen LogP contribution in [0.25, 0.3) is 22.0 Å². The summed E-state index contributed by atoms with van der Waals surface area (Å²) in [6.07, 6.45) is 5.39. The van der Waals surface area contributed by atoms with Gasteiger partial charge >= 0.3 is 0 Å². The fourth-order valence-corrected chi connectivity index (χ4v) is 6.91. The van der Waals surface area contributed by atoms with Crippen molar-refractivity contribution in [3.63, 3.8) is 0 Å². The van der Waals surface area contributed by atoms with Gasteiger partial charge in [0.15, 0.2) is 0 Å². The maximum Gasteiger partial charge on any atom is 0.147 e. The molecule has 28 heavy (non-hydrogen) atoms. The molecule has 2 saturated carbocycles. The van der Waals surface area contributed by atoms with Crippen LogP contribution < -0.4 is 0 Å². The van der Waals surface area contributed by atoms with Gasteiger partial charge in [0.25, 0.3) is 0 Å². The second kappa shape index (κ2) is 4.96. The van der Waals surface area contributed by atoms with Gasteiger partial charge in [-0.25, -0.2) is 0 Å². The number of rotatable bonds is 2. The quantitative estimate of drug-likeness (QED) is 0.485. The molecule has 1 spiro atoms. The summed E-state index contributed by atoms with van der Waals surface area (Å²) in [5.41, 5.74) is 3.23. The van der Waals surface area contributed by atoms with E-state index in [4.69, 9.17) is 4.98 Å². The summed E-state index contributed by atoms with van der Waals surface area (Å²) in [4.78, 5) is 30.1. The summed E-state index contributed by atoms with van der Waals surface area (Å²) in [5.74, 6) is 0.116. The molecule has 3 aromatic rings. The van der Waals surface area contributed by atoms with Crippen molar-refractivity contribution in [2.75, 3.05) is 0 Å². The number of Topliss-reactive ketones (excluding diaryl/α,β-unsaturated/α-hetero) is 1. The number of pyridine rings is 1. The maximum absolute atomic E-state index is 13.0. The minimum atomic E-state index is -0.846. The van der Waals surface area contributed by atoms with Crippen LogP contribution in [-0.4, -0.2) is 17.1 Å². The molecule has 2 aromatic carbocycles. The van der Waals surface area contributed by atoms with Crippen molar-refractivity contribution in [2.45, 2.75) is 43.4 Å². The predicted octanol–water partition coefficient (Wildman–Crippen LogP) is 4.75. The highest BCUT2D eigenvalue weighted by molar-refractivity contribution is 6.06. The van der Waals surface area contributed by atoms with E-state index in [9.17, 15) is 9.59 Å². The third-order valence-corrected chi connectivity index (χ3v) is 7.98. The number of benzene rings is 2. The fraction of sp³-hybridized carbons (Fsp3) is 0.320. The van der Waals surface area contributed by atoms with E-state index in [2.05, 4.69) is 49.4 Å². The van der Waals surface area contributed by atoms with E-state index in [0.717, 1.165) is 24.0 Å².